The number of thioether (sulfide) groups is 1. The summed E-state index contributed by atoms with van der Waals surface area (Å²) in [6.07, 6.45) is 0. The third-order valence-electron chi connectivity index (χ3n) is 2.84. The predicted molar refractivity (Wildman–Crippen MR) is 81.9 cm³/mol. The van der Waals surface area contributed by atoms with Gasteiger partial charge in [0.05, 0.1) is 22.3 Å². The molecule has 5 nitrogen and oxygen atoms in total. The van der Waals surface area contributed by atoms with E-state index in [4.69, 9.17) is 10.4 Å². The molecule has 7 heteroatoms. The summed E-state index contributed by atoms with van der Waals surface area (Å²) >= 11 is 1.14. The number of benzene rings is 1. The molecule has 1 atom stereocenters. The number of nitriles is 1. The number of hydrogen-bond acceptors (Lipinski definition) is 5. The third kappa shape index (κ3) is 5.06. The number of rotatable bonds is 7. The second-order valence-electron chi connectivity index (χ2n) is 4.83. The van der Waals surface area contributed by atoms with Crippen LogP contribution in [-0.4, -0.2) is 36.2 Å². The molecule has 0 bridgehead atoms. The Hall–Kier alpha value is -1.52. The van der Waals surface area contributed by atoms with Crippen LogP contribution in [0.25, 0.3) is 0 Å². The molecular weight excluding hydrogens is 310 g/mol. The topological polar surface area (TPSA) is 95.2 Å². The van der Waals surface area contributed by atoms with E-state index in [9.17, 15) is 13.2 Å². The van der Waals surface area contributed by atoms with Crippen LogP contribution in [0, 0.1) is 17.2 Å². The zero-order valence-electron chi connectivity index (χ0n) is 11.8. The Labute approximate surface area is 128 Å². The number of carboxylic acids is 1. The van der Waals surface area contributed by atoms with E-state index < -0.39 is 21.1 Å². The van der Waals surface area contributed by atoms with Crippen LogP contribution in [-0.2, 0) is 14.6 Å². The van der Waals surface area contributed by atoms with Crippen LogP contribution in [0.5, 0.6) is 0 Å². The van der Waals surface area contributed by atoms with Gasteiger partial charge in [-0.2, -0.15) is 5.26 Å². The lowest BCUT2D eigenvalue weighted by molar-refractivity contribution is -0.137. The van der Waals surface area contributed by atoms with E-state index in [0.29, 0.717) is 5.56 Å². The van der Waals surface area contributed by atoms with Gasteiger partial charge in [0, 0.05) is 5.75 Å². The van der Waals surface area contributed by atoms with Gasteiger partial charge < -0.3 is 5.11 Å². The van der Waals surface area contributed by atoms with E-state index in [2.05, 4.69) is 0 Å². The number of nitrogens with zero attached hydrogens (tertiary/aromatic N) is 1. The third-order valence-corrected chi connectivity index (χ3v) is 6.38. The van der Waals surface area contributed by atoms with Gasteiger partial charge in [0.15, 0.2) is 9.84 Å². The van der Waals surface area contributed by atoms with Gasteiger partial charge in [-0.3, -0.25) is 4.79 Å². The summed E-state index contributed by atoms with van der Waals surface area (Å²) in [7, 11) is -3.46. The number of aliphatic carboxylic acids is 1. The Bertz CT molecular complexity index is 630. The van der Waals surface area contributed by atoms with Crippen LogP contribution in [0.3, 0.4) is 0 Å². The lowest BCUT2D eigenvalue weighted by atomic mass is 10.1. The van der Waals surface area contributed by atoms with Crippen molar-refractivity contribution >= 4 is 27.6 Å². The Balaban J connectivity index is 2.69. The van der Waals surface area contributed by atoms with E-state index in [-0.39, 0.29) is 22.3 Å². The van der Waals surface area contributed by atoms with E-state index in [0.717, 1.165) is 11.8 Å². The molecule has 0 saturated heterocycles. The maximum atomic E-state index is 12.1. The molecule has 0 fully saturated rings. The predicted octanol–water partition coefficient (Wildman–Crippen LogP) is 2.17. The molecule has 0 aliphatic heterocycles. The average Bonchev–Trinajstić information content (AvgIpc) is 2.42. The summed E-state index contributed by atoms with van der Waals surface area (Å²) in [4.78, 5) is 11.2. The molecule has 0 amide bonds. The first kappa shape index (κ1) is 17.5. The minimum absolute atomic E-state index is 0.0647. The summed E-state index contributed by atoms with van der Waals surface area (Å²) < 4.78 is 24.2. The van der Waals surface area contributed by atoms with Crippen molar-refractivity contribution in [3.8, 4) is 6.07 Å². The monoisotopic (exact) mass is 327 g/mol. The highest BCUT2D eigenvalue weighted by Crippen LogP contribution is 2.21. The summed E-state index contributed by atoms with van der Waals surface area (Å²) in [5.74, 6) is -0.895. The maximum Gasteiger partial charge on any atom is 0.316 e. The van der Waals surface area contributed by atoms with Crippen molar-refractivity contribution in [2.24, 2.45) is 5.92 Å². The number of carbonyl (C=O) groups is 1. The second-order valence-corrected chi connectivity index (χ2v) is 8.19. The summed E-state index contributed by atoms with van der Waals surface area (Å²) in [5.41, 5.74) is 0.397. The second kappa shape index (κ2) is 7.48. The molecule has 114 valence electrons. The van der Waals surface area contributed by atoms with Gasteiger partial charge in [-0.1, -0.05) is 13.8 Å². The molecule has 0 aliphatic carbocycles. The van der Waals surface area contributed by atoms with Gasteiger partial charge in [-0.15, -0.1) is 11.8 Å². The van der Waals surface area contributed by atoms with Gasteiger partial charge in [-0.05, 0) is 30.2 Å². The van der Waals surface area contributed by atoms with Gasteiger partial charge in [0.2, 0.25) is 0 Å². The molecule has 0 saturated carbocycles. The number of sulfone groups is 1. The summed E-state index contributed by atoms with van der Waals surface area (Å²) in [6.45, 7) is 3.59. The molecule has 1 aromatic carbocycles. The van der Waals surface area contributed by atoms with Crippen LogP contribution < -0.4 is 0 Å². The highest BCUT2D eigenvalue weighted by molar-refractivity contribution is 8.01. The molecule has 0 heterocycles. The van der Waals surface area contributed by atoms with Crippen molar-refractivity contribution in [1.82, 2.24) is 0 Å². The fourth-order valence-electron chi connectivity index (χ4n) is 1.69. The van der Waals surface area contributed by atoms with Gasteiger partial charge in [0.1, 0.15) is 5.25 Å². The van der Waals surface area contributed by atoms with E-state index in [1.54, 1.807) is 13.8 Å². The van der Waals surface area contributed by atoms with Gasteiger partial charge in [0.25, 0.3) is 0 Å². The summed E-state index contributed by atoms with van der Waals surface area (Å²) in [6, 6.07) is 7.63. The van der Waals surface area contributed by atoms with Crippen LogP contribution in [0.1, 0.15) is 19.4 Å². The summed E-state index contributed by atoms with van der Waals surface area (Å²) in [5, 5.41) is 17.1. The Morgan fingerprint density at radius 3 is 2.33 bits per heavy atom. The highest BCUT2D eigenvalue weighted by atomic mass is 32.2. The lowest BCUT2D eigenvalue weighted by Gasteiger charge is -2.15. The Morgan fingerprint density at radius 1 is 1.33 bits per heavy atom. The van der Waals surface area contributed by atoms with Crippen LogP contribution >= 0.6 is 11.8 Å². The molecule has 0 spiro atoms. The first-order valence-electron chi connectivity index (χ1n) is 6.35. The molecule has 1 aromatic rings. The molecule has 0 radical (unpaired) electrons. The van der Waals surface area contributed by atoms with Gasteiger partial charge >= 0.3 is 5.97 Å². The minimum atomic E-state index is -3.46. The van der Waals surface area contributed by atoms with Crippen LogP contribution in [0.15, 0.2) is 29.2 Å². The quantitative estimate of drug-likeness (QED) is 0.824. The van der Waals surface area contributed by atoms with E-state index in [1.807, 2.05) is 6.07 Å². The van der Waals surface area contributed by atoms with Crippen molar-refractivity contribution < 1.29 is 18.3 Å². The van der Waals surface area contributed by atoms with Crippen molar-refractivity contribution in [2.45, 2.75) is 24.0 Å². The van der Waals surface area contributed by atoms with E-state index in [1.165, 1.54) is 24.3 Å². The zero-order valence-corrected chi connectivity index (χ0v) is 13.4. The molecule has 21 heavy (non-hydrogen) atoms. The zero-order chi connectivity index (χ0) is 16.0. The van der Waals surface area contributed by atoms with Crippen molar-refractivity contribution in [1.29, 1.82) is 5.26 Å². The molecule has 1 N–H and O–H groups in total. The van der Waals surface area contributed by atoms with Crippen molar-refractivity contribution in [3.63, 3.8) is 0 Å². The maximum absolute atomic E-state index is 12.1. The fraction of sp³-hybridized carbons (Fsp3) is 0.429. The Kier molecular flexibility index (Phi) is 6.24. The molecule has 0 aliphatic rings. The van der Waals surface area contributed by atoms with Crippen LogP contribution in [0.2, 0.25) is 0 Å². The SMILES string of the molecule is CC(C)C(SCCS(=O)(=O)c1ccc(C#N)cc1)C(=O)O. The van der Waals surface area contributed by atoms with Crippen molar-refractivity contribution in [3.05, 3.63) is 29.8 Å². The molecule has 1 rings (SSSR count). The first-order chi connectivity index (χ1) is 9.77. The first-order valence-corrected chi connectivity index (χ1v) is 9.05. The largest absolute Gasteiger partial charge is 0.480 e. The average molecular weight is 327 g/mol. The number of carboxylic acid groups (broad SMARTS) is 1. The van der Waals surface area contributed by atoms with Crippen LogP contribution in [0.4, 0.5) is 0 Å². The number of hydrogen-bond donors (Lipinski definition) is 1. The smallest absolute Gasteiger partial charge is 0.316 e. The molecular formula is C14H17NO4S2. The molecule has 1 unspecified atom stereocenters. The van der Waals surface area contributed by atoms with E-state index >= 15 is 0 Å². The van der Waals surface area contributed by atoms with Gasteiger partial charge in [-0.25, -0.2) is 8.42 Å². The minimum Gasteiger partial charge on any atom is -0.480 e. The Morgan fingerprint density at radius 2 is 1.90 bits per heavy atom. The lowest BCUT2D eigenvalue weighted by Crippen LogP contribution is -2.24. The molecule has 0 aromatic heterocycles. The normalized spacial score (nSPS) is 12.9. The standard InChI is InChI=1S/C14H17NO4S2/c1-10(2)13(14(16)17)20-7-8-21(18,19)12-5-3-11(9-15)4-6-12/h3-6,10,13H,7-8H2,1-2H3,(H,16,17). The fourth-order valence-corrected chi connectivity index (χ4v) is 4.52. The van der Waals surface area contributed by atoms with Crippen molar-refractivity contribution in [2.75, 3.05) is 11.5 Å². The highest BCUT2D eigenvalue weighted by Gasteiger charge is 2.23.